The standard InChI is InChI=1S/C25H19N9O/c35-25-20-12-16(15-3-1-4-17(11-15)23-28-31-32-29-23)7-8-18(20)13-33(25)22-6-2-5-21(27-22)24-30-26-14-34(24)19-9-10-19/h1-8,11-12,14,19H,9-10,13H2,(H,28,29,31,32). The van der Waals surface area contributed by atoms with Crippen LogP contribution in [0.1, 0.15) is 34.8 Å². The Morgan fingerprint density at radius 1 is 0.914 bits per heavy atom. The van der Waals surface area contributed by atoms with E-state index >= 15 is 0 Å². The molecule has 0 radical (unpaired) electrons. The van der Waals surface area contributed by atoms with Gasteiger partial charge < -0.3 is 4.57 Å². The van der Waals surface area contributed by atoms with Crippen molar-refractivity contribution in [3.8, 4) is 34.0 Å². The molecule has 10 heteroatoms. The molecule has 0 bridgehead atoms. The van der Waals surface area contributed by atoms with Crippen LogP contribution >= 0.6 is 0 Å². The lowest BCUT2D eigenvalue weighted by atomic mass is 9.99. The Labute approximate surface area is 199 Å². The van der Waals surface area contributed by atoms with E-state index in [1.54, 1.807) is 11.2 Å². The molecule has 1 aliphatic heterocycles. The first-order valence-corrected chi connectivity index (χ1v) is 11.4. The summed E-state index contributed by atoms with van der Waals surface area (Å²) in [6.07, 6.45) is 4.02. The number of rotatable bonds is 5. The number of benzene rings is 2. The van der Waals surface area contributed by atoms with Crippen LogP contribution in [0.3, 0.4) is 0 Å². The van der Waals surface area contributed by atoms with E-state index in [0.29, 0.717) is 29.8 Å². The van der Waals surface area contributed by atoms with E-state index in [1.807, 2.05) is 60.7 Å². The van der Waals surface area contributed by atoms with Gasteiger partial charge in [-0.25, -0.2) is 4.98 Å². The number of tetrazole rings is 1. The zero-order chi connectivity index (χ0) is 23.4. The highest BCUT2D eigenvalue weighted by molar-refractivity contribution is 6.10. The first-order valence-electron chi connectivity index (χ1n) is 11.4. The van der Waals surface area contributed by atoms with Crippen LogP contribution in [0.4, 0.5) is 5.82 Å². The van der Waals surface area contributed by atoms with Crippen molar-refractivity contribution >= 4 is 11.7 Å². The van der Waals surface area contributed by atoms with Gasteiger partial charge in [0.05, 0.1) is 6.54 Å². The van der Waals surface area contributed by atoms with Crippen molar-refractivity contribution in [3.05, 3.63) is 78.1 Å². The van der Waals surface area contributed by atoms with Gasteiger partial charge in [-0.2, -0.15) is 5.21 Å². The van der Waals surface area contributed by atoms with Gasteiger partial charge in [0.1, 0.15) is 17.8 Å². The topological polar surface area (TPSA) is 118 Å². The van der Waals surface area contributed by atoms with E-state index in [-0.39, 0.29) is 5.91 Å². The number of hydrogen-bond acceptors (Lipinski definition) is 7. The number of carbonyl (C=O) groups is 1. The minimum Gasteiger partial charge on any atom is -0.309 e. The Balaban J connectivity index is 1.20. The van der Waals surface area contributed by atoms with Gasteiger partial charge in [0.25, 0.3) is 5.91 Å². The lowest BCUT2D eigenvalue weighted by Crippen LogP contribution is -2.24. The molecular formula is C25H19N9O. The fraction of sp³-hybridized carbons (Fsp3) is 0.160. The third kappa shape index (κ3) is 3.38. The molecule has 1 N–H and O–H groups in total. The molecule has 1 amide bonds. The van der Waals surface area contributed by atoms with E-state index in [0.717, 1.165) is 46.6 Å². The zero-order valence-corrected chi connectivity index (χ0v) is 18.5. The second-order valence-electron chi connectivity index (χ2n) is 8.75. The molecule has 3 aromatic heterocycles. The lowest BCUT2D eigenvalue weighted by Gasteiger charge is -2.15. The van der Waals surface area contributed by atoms with Crippen molar-refractivity contribution in [1.29, 1.82) is 0 Å². The number of anilines is 1. The summed E-state index contributed by atoms with van der Waals surface area (Å²) in [7, 11) is 0. The average molecular weight is 461 g/mol. The monoisotopic (exact) mass is 461 g/mol. The number of carbonyl (C=O) groups excluding carboxylic acids is 1. The van der Waals surface area contributed by atoms with Crippen molar-refractivity contribution in [3.63, 3.8) is 0 Å². The second kappa shape index (κ2) is 7.66. The van der Waals surface area contributed by atoms with Gasteiger partial charge in [0, 0.05) is 17.2 Å². The van der Waals surface area contributed by atoms with E-state index in [9.17, 15) is 4.79 Å². The van der Waals surface area contributed by atoms with E-state index in [2.05, 4.69) is 35.4 Å². The Morgan fingerprint density at radius 3 is 2.63 bits per heavy atom. The van der Waals surface area contributed by atoms with Gasteiger partial charge in [0.2, 0.25) is 5.82 Å². The molecule has 1 saturated carbocycles. The van der Waals surface area contributed by atoms with Crippen LogP contribution in [0.15, 0.2) is 67.0 Å². The second-order valence-corrected chi connectivity index (χ2v) is 8.75. The van der Waals surface area contributed by atoms with Crippen LogP contribution in [0.2, 0.25) is 0 Å². The van der Waals surface area contributed by atoms with Gasteiger partial charge in [-0.1, -0.05) is 36.4 Å². The Hall–Kier alpha value is -4.73. The summed E-state index contributed by atoms with van der Waals surface area (Å²) < 4.78 is 2.07. The van der Waals surface area contributed by atoms with Crippen LogP contribution in [0.5, 0.6) is 0 Å². The van der Waals surface area contributed by atoms with Crippen LogP contribution in [-0.2, 0) is 6.54 Å². The number of H-pyrrole nitrogens is 1. The molecule has 0 saturated heterocycles. The molecule has 1 aliphatic carbocycles. The number of pyridine rings is 1. The summed E-state index contributed by atoms with van der Waals surface area (Å²) in [6.45, 7) is 0.475. The summed E-state index contributed by atoms with van der Waals surface area (Å²) in [5.74, 6) is 1.81. The summed E-state index contributed by atoms with van der Waals surface area (Å²) in [5.41, 5.74) is 5.14. The van der Waals surface area contributed by atoms with Crippen molar-refractivity contribution in [1.82, 2.24) is 40.4 Å². The van der Waals surface area contributed by atoms with Crippen molar-refractivity contribution in [2.24, 2.45) is 0 Å². The molecule has 5 aromatic rings. The van der Waals surface area contributed by atoms with Crippen molar-refractivity contribution in [2.45, 2.75) is 25.4 Å². The fourth-order valence-corrected chi connectivity index (χ4v) is 4.53. The number of fused-ring (bicyclic) bond motifs is 1. The summed E-state index contributed by atoms with van der Waals surface area (Å²) in [4.78, 5) is 19.9. The molecule has 1 fully saturated rings. The maximum absolute atomic E-state index is 13.4. The SMILES string of the molecule is O=C1c2cc(-c3cccc(-c4nn[nH]n4)c3)ccc2CN1c1cccc(-c2nncn2C2CC2)n1. The highest BCUT2D eigenvalue weighted by Gasteiger charge is 2.31. The van der Waals surface area contributed by atoms with Crippen molar-refractivity contribution < 1.29 is 4.79 Å². The van der Waals surface area contributed by atoms with Crippen LogP contribution in [-0.4, -0.2) is 46.3 Å². The Bertz CT molecular complexity index is 1570. The predicted octanol–water partition coefficient (Wildman–Crippen LogP) is 3.68. The fourth-order valence-electron chi connectivity index (χ4n) is 4.53. The molecule has 2 aliphatic rings. The summed E-state index contributed by atoms with van der Waals surface area (Å²) in [5, 5.41) is 22.6. The van der Waals surface area contributed by atoms with E-state index in [4.69, 9.17) is 4.98 Å². The molecule has 10 nitrogen and oxygen atoms in total. The first kappa shape index (κ1) is 19.7. The molecule has 0 unspecified atom stereocenters. The van der Waals surface area contributed by atoms with E-state index in [1.165, 1.54) is 0 Å². The lowest BCUT2D eigenvalue weighted by molar-refractivity contribution is 0.0996. The molecule has 7 rings (SSSR count). The number of nitrogens with zero attached hydrogens (tertiary/aromatic N) is 8. The Morgan fingerprint density at radius 2 is 1.77 bits per heavy atom. The molecule has 4 heterocycles. The average Bonchev–Trinajstić information content (AvgIpc) is 3.28. The highest BCUT2D eigenvalue weighted by atomic mass is 16.2. The third-order valence-corrected chi connectivity index (χ3v) is 6.47. The molecule has 170 valence electrons. The maximum Gasteiger partial charge on any atom is 0.260 e. The normalized spacial score (nSPS) is 15.0. The Kier molecular flexibility index (Phi) is 4.31. The predicted molar refractivity (Wildman–Crippen MR) is 127 cm³/mol. The quantitative estimate of drug-likeness (QED) is 0.424. The molecular weight excluding hydrogens is 442 g/mol. The highest BCUT2D eigenvalue weighted by Crippen LogP contribution is 2.38. The maximum atomic E-state index is 13.4. The molecule has 2 aromatic carbocycles. The first-order chi connectivity index (χ1) is 17.2. The number of aromatic amines is 1. The van der Waals surface area contributed by atoms with Gasteiger partial charge >= 0.3 is 0 Å². The van der Waals surface area contributed by atoms with Gasteiger partial charge in [-0.05, 0) is 59.0 Å². The van der Waals surface area contributed by atoms with Gasteiger partial charge in [0.15, 0.2) is 5.82 Å². The van der Waals surface area contributed by atoms with Gasteiger partial charge in [-0.15, -0.1) is 20.4 Å². The van der Waals surface area contributed by atoms with Crippen molar-refractivity contribution in [2.75, 3.05) is 4.90 Å². The molecule has 0 spiro atoms. The number of aromatic nitrogens is 8. The third-order valence-electron chi connectivity index (χ3n) is 6.47. The minimum absolute atomic E-state index is 0.0653. The zero-order valence-electron chi connectivity index (χ0n) is 18.5. The van der Waals surface area contributed by atoms with Gasteiger partial charge in [-0.3, -0.25) is 9.69 Å². The number of nitrogens with one attached hydrogen (secondary N) is 1. The smallest absolute Gasteiger partial charge is 0.260 e. The molecule has 0 atom stereocenters. The summed E-state index contributed by atoms with van der Waals surface area (Å²) >= 11 is 0. The van der Waals surface area contributed by atoms with Crippen LogP contribution in [0, 0.1) is 0 Å². The van der Waals surface area contributed by atoms with E-state index < -0.39 is 0 Å². The van der Waals surface area contributed by atoms with Crippen LogP contribution < -0.4 is 4.90 Å². The number of amides is 1. The molecule has 35 heavy (non-hydrogen) atoms. The minimum atomic E-state index is -0.0653. The van der Waals surface area contributed by atoms with Crippen LogP contribution in [0.25, 0.3) is 34.0 Å². The summed E-state index contributed by atoms with van der Waals surface area (Å²) in [6, 6.07) is 20.0. The largest absolute Gasteiger partial charge is 0.309 e. The number of hydrogen-bond donors (Lipinski definition) is 1.